The molecule has 0 radical (unpaired) electrons. The van der Waals surface area contributed by atoms with Crippen molar-refractivity contribution in [1.29, 1.82) is 0 Å². The highest BCUT2D eigenvalue weighted by atomic mass is 32.1. The summed E-state index contributed by atoms with van der Waals surface area (Å²) in [5.41, 5.74) is 1.41. The Hall–Kier alpha value is -2.41. The van der Waals surface area contributed by atoms with Gasteiger partial charge in [0.15, 0.2) is 5.13 Å². The maximum absolute atomic E-state index is 12.3. The number of carbonyl (C=O) groups excluding carboxylic acids is 2. The molecule has 1 heterocycles. The molecule has 1 saturated carbocycles. The highest BCUT2D eigenvalue weighted by Gasteiger charge is 2.22. The van der Waals surface area contributed by atoms with Gasteiger partial charge >= 0.3 is 6.09 Å². The first kappa shape index (κ1) is 17.4. The van der Waals surface area contributed by atoms with Crippen molar-refractivity contribution in [2.45, 2.75) is 32.1 Å². The van der Waals surface area contributed by atoms with Gasteiger partial charge < -0.3 is 10.1 Å². The van der Waals surface area contributed by atoms with Gasteiger partial charge in [-0.05, 0) is 31.0 Å². The molecule has 1 fully saturated rings. The Labute approximate surface area is 150 Å². The molecule has 132 valence electrons. The first-order valence-corrected chi connectivity index (χ1v) is 9.23. The van der Waals surface area contributed by atoms with E-state index in [-0.39, 0.29) is 18.4 Å². The third kappa shape index (κ3) is 4.57. The summed E-state index contributed by atoms with van der Waals surface area (Å²) in [5.74, 6) is 0.155. The average molecular weight is 359 g/mol. The second-order valence-corrected chi connectivity index (χ2v) is 7.07. The minimum Gasteiger partial charge on any atom is -0.445 e. The number of benzene rings is 1. The van der Waals surface area contributed by atoms with Gasteiger partial charge in [0.1, 0.15) is 6.61 Å². The summed E-state index contributed by atoms with van der Waals surface area (Å²) in [7, 11) is 0. The zero-order chi connectivity index (χ0) is 17.6. The molecule has 2 N–H and O–H groups in total. The van der Waals surface area contributed by atoms with Gasteiger partial charge in [0, 0.05) is 11.6 Å². The quantitative estimate of drug-likeness (QED) is 0.768. The summed E-state index contributed by atoms with van der Waals surface area (Å²) < 4.78 is 5.78. The number of nitrogens with zero attached hydrogens (tertiary/aromatic N) is 1. The highest BCUT2D eigenvalue weighted by molar-refractivity contribution is 7.22. The van der Waals surface area contributed by atoms with E-state index >= 15 is 0 Å². The Balaban J connectivity index is 1.66. The van der Waals surface area contributed by atoms with Gasteiger partial charge in [0.25, 0.3) is 0 Å². The van der Waals surface area contributed by atoms with Crippen LogP contribution in [-0.4, -0.2) is 23.6 Å². The summed E-state index contributed by atoms with van der Waals surface area (Å²) in [6, 6.07) is 5.38. The van der Waals surface area contributed by atoms with Gasteiger partial charge in [-0.2, -0.15) is 0 Å². The van der Waals surface area contributed by atoms with Crippen molar-refractivity contribution in [2.24, 2.45) is 5.92 Å². The maximum Gasteiger partial charge on any atom is 0.411 e. The van der Waals surface area contributed by atoms with E-state index in [0.29, 0.717) is 10.8 Å². The van der Waals surface area contributed by atoms with Crippen molar-refractivity contribution in [3.63, 3.8) is 0 Å². The van der Waals surface area contributed by atoms with Crippen molar-refractivity contribution in [1.82, 2.24) is 4.98 Å². The van der Waals surface area contributed by atoms with E-state index < -0.39 is 6.09 Å². The number of anilines is 2. The SMILES string of the molecule is C=CCOC(=O)Nc1ccc2nc(NC(=O)C3CCCCC3)sc2c1. The predicted molar refractivity (Wildman–Crippen MR) is 100.0 cm³/mol. The highest BCUT2D eigenvalue weighted by Crippen LogP contribution is 2.30. The third-order valence-corrected chi connectivity index (χ3v) is 5.11. The topological polar surface area (TPSA) is 80.3 Å². The van der Waals surface area contributed by atoms with Crippen LogP contribution in [0.4, 0.5) is 15.6 Å². The number of aromatic nitrogens is 1. The van der Waals surface area contributed by atoms with Crippen molar-refractivity contribution in [3.05, 3.63) is 30.9 Å². The fourth-order valence-electron chi connectivity index (χ4n) is 2.92. The fraction of sp³-hybridized carbons (Fsp3) is 0.389. The van der Waals surface area contributed by atoms with E-state index in [1.807, 2.05) is 12.1 Å². The van der Waals surface area contributed by atoms with E-state index in [0.717, 1.165) is 35.9 Å². The molecule has 3 rings (SSSR count). The summed E-state index contributed by atoms with van der Waals surface area (Å²) in [4.78, 5) is 28.4. The number of thiazole rings is 1. The van der Waals surface area contributed by atoms with Gasteiger partial charge in [-0.15, -0.1) is 0 Å². The first-order chi connectivity index (χ1) is 12.2. The number of nitrogens with one attached hydrogen (secondary N) is 2. The Morgan fingerprint density at radius 3 is 2.84 bits per heavy atom. The van der Waals surface area contributed by atoms with E-state index in [1.54, 1.807) is 6.07 Å². The van der Waals surface area contributed by atoms with Crippen LogP contribution in [-0.2, 0) is 9.53 Å². The normalized spacial score (nSPS) is 14.9. The second-order valence-electron chi connectivity index (χ2n) is 6.04. The van der Waals surface area contributed by atoms with Gasteiger partial charge in [0.05, 0.1) is 10.2 Å². The molecule has 1 aliphatic carbocycles. The Morgan fingerprint density at radius 2 is 2.08 bits per heavy atom. The number of rotatable bonds is 5. The molecule has 25 heavy (non-hydrogen) atoms. The third-order valence-electron chi connectivity index (χ3n) is 4.17. The molecule has 7 heteroatoms. The van der Waals surface area contributed by atoms with Gasteiger partial charge in [-0.3, -0.25) is 10.1 Å². The number of fused-ring (bicyclic) bond motifs is 1. The minimum absolute atomic E-state index is 0.0603. The number of hydrogen-bond donors (Lipinski definition) is 2. The molecule has 2 amide bonds. The van der Waals surface area contributed by atoms with E-state index in [9.17, 15) is 9.59 Å². The van der Waals surface area contributed by atoms with Crippen LogP contribution in [0, 0.1) is 5.92 Å². The zero-order valence-electron chi connectivity index (χ0n) is 13.9. The number of amides is 2. The molecular formula is C18H21N3O3S. The number of ether oxygens (including phenoxy) is 1. The van der Waals surface area contributed by atoms with E-state index in [2.05, 4.69) is 22.2 Å². The maximum atomic E-state index is 12.3. The Bertz CT molecular complexity index is 781. The molecule has 0 saturated heterocycles. The van der Waals surface area contributed by atoms with Crippen LogP contribution in [0.1, 0.15) is 32.1 Å². The van der Waals surface area contributed by atoms with Gasteiger partial charge in [-0.25, -0.2) is 9.78 Å². The van der Waals surface area contributed by atoms with Crippen LogP contribution in [0.25, 0.3) is 10.2 Å². The molecule has 0 bridgehead atoms. The van der Waals surface area contributed by atoms with Crippen LogP contribution in [0.3, 0.4) is 0 Å². The lowest BCUT2D eigenvalue weighted by Crippen LogP contribution is -2.24. The molecule has 1 aromatic heterocycles. The molecule has 2 aromatic rings. The molecule has 1 aliphatic rings. The predicted octanol–water partition coefficient (Wildman–Crippen LogP) is 4.55. The molecule has 0 unspecified atom stereocenters. The summed E-state index contributed by atoms with van der Waals surface area (Å²) >= 11 is 1.40. The smallest absolute Gasteiger partial charge is 0.411 e. The molecule has 0 atom stereocenters. The van der Waals surface area contributed by atoms with Gasteiger partial charge in [-0.1, -0.05) is 43.3 Å². The summed E-state index contributed by atoms with van der Waals surface area (Å²) in [5, 5.41) is 6.18. The molecular weight excluding hydrogens is 338 g/mol. The first-order valence-electron chi connectivity index (χ1n) is 8.42. The fourth-order valence-corrected chi connectivity index (χ4v) is 3.82. The average Bonchev–Trinajstić information content (AvgIpc) is 3.02. The summed E-state index contributed by atoms with van der Waals surface area (Å²) in [6.45, 7) is 3.65. The van der Waals surface area contributed by atoms with Gasteiger partial charge in [0.2, 0.25) is 5.91 Å². The standard InChI is InChI=1S/C18H21N3O3S/c1-2-10-24-18(23)19-13-8-9-14-15(11-13)25-17(20-14)21-16(22)12-6-4-3-5-7-12/h2,8-9,11-12H,1,3-7,10H2,(H,19,23)(H,20,21,22). The monoisotopic (exact) mass is 359 g/mol. The zero-order valence-corrected chi connectivity index (χ0v) is 14.7. The lowest BCUT2D eigenvalue weighted by atomic mass is 9.89. The molecule has 1 aromatic carbocycles. The largest absolute Gasteiger partial charge is 0.445 e. The van der Waals surface area contributed by atoms with Crippen LogP contribution in [0.5, 0.6) is 0 Å². The molecule has 0 spiro atoms. The van der Waals surface area contributed by atoms with Crippen molar-refractivity contribution >= 4 is 44.4 Å². The lowest BCUT2D eigenvalue weighted by molar-refractivity contribution is -0.120. The minimum atomic E-state index is -0.533. The van der Waals surface area contributed by atoms with Crippen molar-refractivity contribution in [3.8, 4) is 0 Å². The van der Waals surface area contributed by atoms with Crippen LogP contribution >= 0.6 is 11.3 Å². The van der Waals surface area contributed by atoms with E-state index in [4.69, 9.17) is 4.74 Å². The second kappa shape index (κ2) is 8.11. The number of hydrogen-bond acceptors (Lipinski definition) is 5. The van der Waals surface area contributed by atoms with E-state index in [1.165, 1.54) is 23.8 Å². The van der Waals surface area contributed by atoms with Crippen LogP contribution in [0.2, 0.25) is 0 Å². The van der Waals surface area contributed by atoms with Crippen molar-refractivity contribution < 1.29 is 14.3 Å². The summed E-state index contributed by atoms with van der Waals surface area (Å²) in [6.07, 6.45) is 6.34. The molecule has 0 aliphatic heterocycles. The molecule has 6 nitrogen and oxygen atoms in total. The van der Waals surface area contributed by atoms with Crippen molar-refractivity contribution in [2.75, 3.05) is 17.2 Å². The lowest BCUT2D eigenvalue weighted by Gasteiger charge is -2.19. The van der Waals surface area contributed by atoms with Crippen LogP contribution in [0.15, 0.2) is 30.9 Å². The number of carbonyl (C=O) groups is 2. The Morgan fingerprint density at radius 1 is 1.28 bits per heavy atom. The van der Waals surface area contributed by atoms with Crippen LogP contribution < -0.4 is 10.6 Å². The Kier molecular flexibility index (Phi) is 5.65.